The van der Waals surface area contributed by atoms with Crippen molar-refractivity contribution < 1.29 is 17.9 Å². The second-order valence-corrected chi connectivity index (χ2v) is 4.14. The van der Waals surface area contributed by atoms with Crippen molar-refractivity contribution in [3.8, 4) is 11.8 Å². The van der Waals surface area contributed by atoms with Gasteiger partial charge in [-0.2, -0.15) is 5.26 Å². The van der Waals surface area contributed by atoms with Crippen LogP contribution >= 0.6 is 38.5 Å². The summed E-state index contributed by atoms with van der Waals surface area (Å²) in [5.41, 5.74) is 0.00826. The molecule has 0 aliphatic rings. The largest absolute Gasteiger partial charge is 0.573 e. The van der Waals surface area contributed by atoms with Crippen molar-refractivity contribution in [3.05, 3.63) is 19.9 Å². The summed E-state index contributed by atoms with van der Waals surface area (Å²) in [6.45, 7) is 0. The third kappa shape index (κ3) is 3.49. The van der Waals surface area contributed by atoms with Gasteiger partial charge in [0.15, 0.2) is 11.4 Å². The number of rotatable bonds is 1. The second-order valence-electron chi connectivity index (χ2n) is 2.27. The SMILES string of the molecule is N#Cc1nc(I)c(OC(F)(F)F)cc1Br. The van der Waals surface area contributed by atoms with Gasteiger partial charge in [0.2, 0.25) is 0 Å². The Morgan fingerprint density at radius 2 is 2.13 bits per heavy atom. The Kier molecular flexibility index (Phi) is 3.77. The van der Waals surface area contributed by atoms with Crippen molar-refractivity contribution >= 4 is 38.5 Å². The van der Waals surface area contributed by atoms with E-state index in [9.17, 15) is 13.2 Å². The average molecular weight is 393 g/mol. The first-order valence-corrected chi connectivity index (χ1v) is 5.22. The molecule has 0 saturated carbocycles. The molecule has 0 aliphatic heterocycles. The minimum absolute atomic E-state index is 0.00826. The lowest BCUT2D eigenvalue weighted by Crippen LogP contribution is -2.18. The van der Waals surface area contributed by atoms with E-state index in [2.05, 4.69) is 25.7 Å². The van der Waals surface area contributed by atoms with E-state index in [0.717, 1.165) is 6.07 Å². The maximum absolute atomic E-state index is 11.9. The highest BCUT2D eigenvalue weighted by atomic mass is 127. The standard InChI is InChI=1S/C7HBrF3IN2O/c8-3-1-5(15-7(9,10)11)6(12)14-4(3)2-13/h1H. The summed E-state index contributed by atoms with van der Waals surface area (Å²) in [6, 6.07) is 2.78. The molecule has 1 aromatic rings. The lowest BCUT2D eigenvalue weighted by Gasteiger charge is -2.10. The molecule has 0 saturated heterocycles. The Hall–Kier alpha value is -0.560. The van der Waals surface area contributed by atoms with E-state index < -0.39 is 12.1 Å². The monoisotopic (exact) mass is 392 g/mol. The molecule has 1 aromatic heterocycles. The highest BCUT2D eigenvalue weighted by molar-refractivity contribution is 14.1. The minimum atomic E-state index is -4.77. The third-order valence-corrected chi connectivity index (χ3v) is 2.61. The molecule has 0 fully saturated rings. The highest BCUT2D eigenvalue weighted by Crippen LogP contribution is 2.30. The first kappa shape index (κ1) is 12.5. The Bertz CT molecular complexity index is 429. The molecule has 1 heterocycles. The predicted octanol–water partition coefficient (Wildman–Crippen LogP) is 3.22. The van der Waals surface area contributed by atoms with Gasteiger partial charge in [0.05, 0.1) is 4.47 Å². The molecular formula is C7HBrF3IN2O. The lowest BCUT2D eigenvalue weighted by atomic mass is 10.4. The smallest absolute Gasteiger partial charge is 0.403 e. The Balaban J connectivity index is 3.13. The van der Waals surface area contributed by atoms with E-state index in [1.807, 2.05) is 0 Å². The van der Waals surface area contributed by atoms with Crippen molar-refractivity contribution in [2.75, 3.05) is 0 Å². The molecule has 1 rings (SSSR count). The van der Waals surface area contributed by atoms with Gasteiger partial charge in [-0.3, -0.25) is 0 Å². The van der Waals surface area contributed by atoms with Crippen LogP contribution < -0.4 is 4.74 Å². The van der Waals surface area contributed by atoms with Gasteiger partial charge in [0, 0.05) is 6.07 Å². The fourth-order valence-corrected chi connectivity index (χ4v) is 1.62. The number of ether oxygens (including phenoxy) is 1. The number of hydrogen-bond donors (Lipinski definition) is 0. The molecule has 0 aliphatic carbocycles. The molecule has 15 heavy (non-hydrogen) atoms. The molecule has 80 valence electrons. The Morgan fingerprint density at radius 1 is 1.53 bits per heavy atom. The summed E-state index contributed by atoms with van der Waals surface area (Å²) in [5.74, 6) is -0.436. The summed E-state index contributed by atoms with van der Waals surface area (Å²) >= 11 is 4.47. The molecule has 0 amide bonds. The maximum atomic E-state index is 11.9. The number of alkyl halides is 3. The van der Waals surface area contributed by atoms with E-state index in [0.29, 0.717) is 0 Å². The van der Waals surface area contributed by atoms with E-state index in [-0.39, 0.29) is 13.9 Å². The molecule has 0 radical (unpaired) electrons. The molecule has 0 atom stereocenters. The summed E-state index contributed by atoms with van der Waals surface area (Å²) in [7, 11) is 0. The van der Waals surface area contributed by atoms with Crippen LogP contribution in [-0.2, 0) is 0 Å². The zero-order chi connectivity index (χ0) is 11.6. The zero-order valence-corrected chi connectivity index (χ0v) is 10.5. The van der Waals surface area contributed by atoms with Crippen LogP contribution in [0, 0.1) is 15.0 Å². The van der Waals surface area contributed by atoms with Gasteiger partial charge < -0.3 is 4.74 Å². The maximum Gasteiger partial charge on any atom is 0.573 e. The first-order valence-electron chi connectivity index (χ1n) is 3.35. The topological polar surface area (TPSA) is 45.9 Å². The number of nitrogens with zero attached hydrogens (tertiary/aromatic N) is 2. The van der Waals surface area contributed by atoms with Gasteiger partial charge >= 0.3 is 6.36 Å². The minimum Gasteiger partial charge on any atom is -0.403 e. The van der Waals surface area contributed by atoms with Crippen LogP contribution in [0.5, 0.6) is 5.75 Å². The van der Waals surface area contributed by atoms with Crippen molar-refractivity contribution in [3.63, 3.8) is 0 Å². The van der Waals surface area contributed by atoms with Crippen LogP contribution in [0.15, 0.2) is 10.5 Å². The predicted molar refractivity (Wildman–Crippen MR) is 56.1 cm³/mol. The molecule has 3 nitrogen and oxygen atoms in total. The summed E-state index contributed by atoms with van der Waals surface area (Å²) in [5, 5.41) is 8.56. The second kappa shape index (κ2) is 4.52. The van der Waals surface area contributed by atoms with Crippen molar-refractivity contribution in [2.24, 2.45) is 0 Å². The van der Waals surface area contributed by atoms with Crippen LogP contribution in [0.25, 0.3) is 0 Å². The number of pyridine rings is 1. The van der Waals surface area contributed by atoms with Gasteiger partial charge in [-0.25, -0.2) is 4.98 Å². The third-order valence-electron chi connectivity index (χ3n) is 1.23. The molecule has 0 bridgehead atoms. The number of halogens is 5. The molecule has 0 aromatic carbocycles. The number of hydrogen-bond acceptors (Lipinski definition) is 3. The van der Waals surface area contributed by atoms with Crippen LogP contribution in [0.3, 0.4) is 0 Å². The van der Waals surface area contributed by atoms with Gasteiger partial charge in [0.1, 0.15) is 9.77 Å². The van der Waals surface area contributed by atoms with Crippen molar-refractivity contribution in [1.29, 1.82) is 5.26 Å². The van der Waals surface area contributed by atoms with Gasteiger partial charge in [-0.15, -0.1) is 13.2 Å². The summed E-state index contributed by atoms with van der Waals surface area (Å²) in [6.07, 6.45) is -4.77. The van der Waals surface area contributed by atoms with Gasteiger partial charge in [-0.05, 0) is 38.5 Å². The van der Waals surface area contributed by atoms with Crippen molar-refractivity contribution in [2.45, 2.75) is 6.36 Å². The molecule has 0 unspecified atom stereocenters. The van der Waals surface area contributed by atoms with Gasteiger partial charge in [0.25, 0.3) is 0 Å². The average Bonchev–Trinajstić information content (AvgIpc) is 2.08. The quantitative estimate of drug-likeness (QED) is 0.544. The van der Waals surface area contributed by atoms with Crippen LogP contribution in [0.2, 0.25) is 0 Å². The van der Waals surface area contributed by atoms with Crippen LogP contribution in [0.1, 0.15) is 5.69 Å². The van der Waals surface area contributed by atoms with Crippen LogP contribution in [-0.4, -0.2) is 11.3 Å². The van der Waals surface area contributed by atoms with Crippen molar-refractivity contribution in [1.82, 2.24) is 4.98 Å². The number of nitriles is 1. The lowest BCUT2D eigenvalue weighted by molar-refractivity contribution is -0.275. The summed E-state index contributed by atoms with van der Waals surface area (Å²) < 4.78 is 39.5. The summed E-state index contributed by atoms with van der Waals surface area (Å²) in [4.78, 5) is 3.63. The molecule has 8 heteroatoms. The zero-order valence-electron chi connectivity index (χ0n) is 6.77. The van der Waals surface area contributed by atoms with E-state index in [4.69, 9.17) is 5.26 Å². The van der Waals surface area contributed by atoms with E-state index in [1.165, 1.54) is 0 Å². The van der Waals surface area contributed by atoms with E-state index >= 15 is 0 Å². The Labute approximate surface area is 105 Å². The van der Waals surface area contributed by atoms with Gasteiger partial charge in [-0.1, -0.05) is 0 Å². The fourth-order valence-electron chi connectivity index (χ4n) is 0.724. The molecule has 0 spiro atoms. The fraction of sp³-hybridized carbons (Fsp3) is 0.143. The Morgan fingerprint density at radius 3 is 2.60 bits per heavy atom. The molecular weight excluding hydrogens is 392 g/mol. The normalized spacial score (nSPS) is 10.9. The highest BCUT2D eigenvalue weighted by Gasteiger charge is 2.32. The van der Waals surface area contributed by atoms with E-state index in [1.54, 1.807) is 28.7 Å². The first-order chi connectivity index (χ1) is 6.83. The molecule has 0 N–H and O–H groups in total. The van der Waals surface area contributed by atoms with Crippen LogP contribution in [0.4, 0.5) is 13.2 Å². The number of aromatic nitrogens is 1.